The molecule has 68 valence electrons. The van der Waals surface area contributed by atoms with Crippen molar-refractivity contribution in [2.45, 2.75) is 26.7 Å². The lowest BCUT2D eigenvalue weighted by Crippen LogP contribution is -2.04. The predicted octanol–water partition coefficient (Wildman–Crippen LogP) is 2.07. The molecule has 0 aliphatic rings. The van der Waals surface area contributed by atoms with Crippen molar-refractivity contribution in [1.82, 2.24) is 14.8 Å². The molecule has 4 heteroatoms. The largest absolute Gasteiger partial charge is 0.307 e. The van der Waals surface area contributed by atoms with Gasteiger partial charge in [0, 0.05) is 13.5 Å². The van der Waals surface area contributed by atoms with Crippen LogP contribution in [0, 0.1) is 10.7 Å². The summed E-state index contributed by atoms with van der Waals surface area (Å²) in [4.78, 5) is 0. The summed E-state index contributed by atoms with van der Waals surface area (Å²) >= 11 is 5.01. The van der Waals surface area contributed by atoms with Crippen LogP contribution >= 0.6 is 12.2 Å². The van der Waals surface area contributed by atoms with E-state index in [1.807, 2.05) is 11.6 Å². The van der Waals surface area contributed by atoms with Crippen molar-refractivity contribution in [3.05, 3.63) is 10.6 Å². The van der Waals surface area contributed by atoms with Gasteiger partial charge >= 0.3 is 0 Å². The van der Waals surface area contributed by atoms with Gasteiger partial charge < -0.3 is 4.57 Å². The highest BCUT2D eigenvalue weighted by atomic mass is 32.1. The second-order valence-corrected chi connectivity index (χ2v) is 3.61. The molecule has 12 heavy (non-hydrogen) atoms. The average molecular weight is 185 g/mol. The van der Waals surface area contributed by atoms with Gasteiger partial charge in [0.1, 0.15) is 5.82 Å². The zero-order valence-corrected chi connectivity index (χ0v) is 8.61. The lowest BCUT2D eigenvalue weighted by Gasteiger charge is -2.06. The maximum absolute atomic E-state index is 5.01. The highest BCUT2D eigenvalue weighted by Gasteiger charge is 2.06. The van der Waals surface area contributed by atoms with Crippen molar-refractivity contribution in [3.63, 3.8) is 0 Å². The van der Waals surface area contributed by atoms with E-state index in [0.717, 1.165) is 12.2 Å². The molecule has 0 radical (unpaired) electrons. The fraction of sp³-hybridized carbons (Fsp3) is 0.750. The van der Waals surface area contributed by atoms with Gasteiger partial charge in [0.2, 0.25) is 0 Å². The molecule has 1 aromatic rings. The van der Waals surface area contributed by atoms with E-state index in [2.05, 4.69) is 24.0 Å². The summed E-state index contributed by atoms with van der Waals surface area (Å²) in [5.41, 5.74) is 0. The molecule has 0 aliphatic heterocycles. The fourth-order valence-corrected chi connectivity index (χ4v) is 1.17. The minimum Gasteiger partial charge on any atom is -0.307 e. The van der Waals surface area contributed by atoms with E-state index in [4.69, 9.17) is 12.2 Å². The first kappa shape index (κ1) is 9.45. The van der Waals surface area contributed by atoms with Crippen molar-refractivity contribution in [3.8, 4) is 0 Å². The summed E-state index contributed by atoms with van der Waals surface area (Å²) in [5, 5.41) is 6.93. The smallest absolute Gasteiger partial charge is 0.194 e. The third kappa shape index (κ3) is 1.94. The SMILES string of the molecule is CCC(C)Cc1n[nH]c(=S)n1C. The lowest BCUT2D eigenvalue weighted by atomic mass is 10.1. The Morgan fingerprint density at radius 2 is 2.33 bits per heavy atom. The summed E-state index contributed by atoms with van der Waals surface area (Å²) in [6.45, 7) is 4.41. The molecule has 0 amide bonds. The van der Waals surface area contributed by atoms with Gasteiger partial charge in [-0.25, -0.2) is 0 Å². The van der Waals surface area contributed by atoms with E-state index in [1.165, 1.54) is 6.42 Å². The number of hydrogen-bond acceptors (Lipinski definition) is 2. The van der Waals surface area contributed by atoms with Crippen LogP contribution in [-0.4, -0.2) is 14.8 Å². The fourth-order valence-electron chi connectivity index (χ4n) is 1.02. The van der Waals surface area contributed by atoms with Gasteiger partial charge in [0.05, 0.1) is 0 Å². The van der Waals surface area contributed by atoms with Gasteiger partial charge in [-0.05, 0) is 18.1 Å². The molecule has 0 aliphatic carbocycles. The van der Waals surface area contributed by atoms with Gasteiger partial charge in [-0.1, -0.05) is 20.3 Å². The van der Waals surface area contributed by atoms with Crippen LogP contribution in [0.2, 0.25) is 0 Å². The van der Waals surface area contributed by atoms with Crippen molar-refractivity contribution in [2.75, 3.05) is 0 Å². The lowest BCUT2D eigenvalue weighted by molar-refractivity contribution is 0.531. The molecule has 1 unspecified atom stereocenters. The number of aromatic nitrogens is 3. The molecule has 0 spiro atoms. The molecule has 1 heterocycles. The molecule has 0 fully saturated rings. The van der Waals surface area contributed by atoms with Crippen LogP contribution in [0.25, 0.3) is 0 Å². The number of nitrogens with zero attached hydrogens (tertiary/aromatic N) is 2. The Bertz CT molecular complexity index is 299. The molecule has 0 aromatic carbocycles. The van der Waals surface area contributed by atoms with Crippen LogP contribution in [0.5, 0.6) is 0 Å². The molecule has 1 N–H and O–H groups in total. The topological polar surface area (TPSA) is 33.6 Å². The summed E-state index contributed by atoms with van der Waals surface area (Å²) in [7, 11) is 1.95. The van der Waals surface area contributed by atoms with E-state index in [-0.39, 0.29) is 0 Å². The Kier molecular flexibility index (Phi) is 3.03. The van der Waals surface area contributed by atoms with E-state index >= 15 is 0 Å². The number of rotatable bonds is 3. The molecule has 0 bridgehead atoms. The van der Waals surface area contributed by atoms with Crippen LogP contribution in [0.3, 0.4) is 0 Å². The standard InChI is InChI=1S/C8H15N3S/c1-4-6(2)5-7-9-10-8(12)11(7)3/h6H,4-5H2,1-3H3,(H,10,12). The Morgan fingerprint density at radius 1 is 1.67 bits per heavy atom. The van der Waals surface area contributed by atoms with Crippen molar-refractivity contribution >= 4 is 12.2 Å². The first-order valence-corrected chi connectivity index (χ1v) is 4.66. The zero-order chi connectivity index (χ0) is 9.14. The number of nitrogens with one attached hydrogen (secondary N) is 1. The quantitative estimate of drug-likeness (QED) is 0.731. The van der Waals surface area contributed by atoms with Crippen LogP contribution in [-0.2, 0) is 13.5 Å². The van der Waals surface area contributed by atoms with Crippen molar-refractivity contribution in [1.29, 1.82) is 0 Å². The summed E-state index contributed by atoms with van der Waals surface area (Å²) in [6.07, 6.45) is 2.18. The number of hydrogen-bond donors (Lipinski definition) is 1. The average Bonchev–Trinajstić information content (AvgIpc) is 2.36. The van der Waals surface area contributed by atoms with Gasteiger partial charge in [-0.2, -0.15) is 5.10 Å². The van der Waals surface area contributed by atoms with Crippen LogP contribution in [0.1, 0.15) is 26.1 Å². The Labute approximate surface area is 77.8 Å². The van der Waals surface area contributed by atoms with Crippen LogP contribution in [0.15, 0.2) is 0 Å². The molecular formula is C8H15N3S. The minimum absolute atomic E-state index is 0.675. The highest BCUT2D eigenvalue weighted by molar-refractivity contribution is 7.71. The normalized spacial score (nSPS) is 13.2. The van der Waals surface area contributed by atoms with Crippen LogP contribution in [0.4, 0.5) is 0 Å². The van der Waals surface area contributed by atoms with Gasteiger partial charge in [-0.3, -0.25) is 5.10 Å². The molecule has 1 atom stereocenters. The monoisotopic (exact) mass is 185 g/mol. The Hall–Kier alpha value is -0.640. The highest BCUT2D eigenvalue weighted by Crippen LogP contribution is 2.08. The molecular weight excluding hydrogens is 170 g/mol. The summed E-state index contributed by atoms with van der Waals surface area (Å²) in [5.74, 6) is 1.73. The predicted molar refractivity (Wildman–Crippen MR) is 51.6 cm³/mol. The maximum atomic E-state index is 5.01. The van der Waals surface area contributed by atoms with E-state index in [9.17, 15) is 0 Å². The maximum Gasteiger partial charge on any atom is 0.194 e. The van der Waals surface area contributed by atoms with Crippen LogP contribution < -0.4 is 0 Å². The second-order valence-electron chi connectivity index (χ2n) is 3.22. The van der Waals surface area contributed by atoms with Gasteiger partial charge in [0.15, 0.2) is 4.77 Å². The molecule has 0 saturated heterocycles. The van der Waals surface area contributed by atoms with Crippen molar-refractivity contribution < 1.29 is 0 Å². The van der Waals surface area contributed by atoms with E-state index < -0.39 is 0 Å². The molecule has 1 rings (SSSR count). The summed E-state index contributed by atoms with van der Waals surface area (Å²) < 4.78 is 2.63. The van der Waals surface area contributed by atoms with E-state index in [1.54, 1.807) is 0 Å². The first-order chi connectivity index (χ1) is 5.65. The third-order valence-corrected chi connectivity index (χ3v) is 2.57. The Morgan fingerprint density at radius 3 is 2.75 bits per heavy atom. The van der Waals surface area contributed by atoms with Gasteiger partial charge in [-0.15, -0.1) is 0 Å². The zero-order valence-electron chi connectivity index (χ0n) is 7.79. The number of H-pyrrole nitrogens is 1. The van der Waals surface area contributed by atoms with E-state index in [0.29, 0.717) is 10.7 Å². The first-order valence-electron chi connectivity index (χ1n) is 4.25. The van der Waals surface area contributed by atoms with Crippen molar-refractivity contribution in [2.24, 2.45) is 13.0 Å². The number of aromatic amines is 1. The Balaban J connectivity index is 2.76. The second kappa shape index (κ2) is 3.85. The minimum atomic E-state index is 0.675. The van der Waals surface area contributed by atoms with Gasteiger partial charge in [0.25, 0.3) is 0 Å². The molecule has 1 aromatic heterocycles. The third-order valence-electron chi connectivity index (χ3n) is 2.20. The molecule has 0 saturated carbocycles. The summed E-state index contributed by atoms with van der Waals surface area (Å²) in [6, 6.07) is 0. The molecule has 3 nitrogen and oxygen atoms in total.